The lowest BCUT2D eigenvalue weighted by molar-refractivity contribution is -0.134. The zero-order chi connectivity index (χ0) is 12.3. The maximum absolute atomic E-state index is 11.2. The molecular formula is C15H14O2. The summed E-state index contributed by atoms with van der Waals surface area (Å²) in [6.45, 7) is 5.51. The zero-order valence-corrected chi connectivity index (χ0v) is 9.77. The topological polar surface area (TPSA) is 26.3 Å². The van der Waals surface area contributed by atoms with Crippen LogP contribution < -0.4 is 4.74 Å². The van der Waals surface area contributed by atoms with Crippen molar-refractivity contribution in [2.24, 2.45) is 0 Å². The number of carbonyl (C=O) groups excluding carboxylic acids is 1. The smallest absolute Gasteiger partial charge is 0.310 e. The summed E-state index contributed by atoms with van der Waals surface area (Å²) in [5.74, 6) is 0.378. The van der Waals surface area contributed by atoms with Gasteiger partial charge in [0.15, 0.2) is 0 Å². The predicted molar refractivity (Wildman–Crippen MR) is 70.0 cm³/mol. The van der Waals surface area contributed by atoms with Crippen molar-refractivity contribution in [3.63, 3.8) is 0 Å². The molecule has 0 N–H and O–H groups in total. The van der Waals surface area contributed by atoms with Crippen LogP contribution >= 0.6 is 0 Å². The third-order valence-electron chi connectivity index (χ3n) is 2.59. The molecule has 0 aliphatic rings. The van der Waals surface area contributed by atoms with E-state index in [1.54, 1.807) is 6.92 Å². The van der Waals surface area contributed by atoms with E-state index in [1.807, 2.05) is 42.5 Å². The van der Waals surface area contributed by atoms with Crippen LogP contribution in [0.5, 0.6) is 5.75 Å². The fraction of sp³-hybridized carbons (Fsp3) is 0.133. The van der Waals surface area contributed by atoms with Crippen LogP contribution in [0.25, 0.3) is 16.8 Å². The molecule has 0 aromatic heterocycles. The van der Waals surface area contributed by atoms with Crippen LogP contribution in [-0.2, 0) is 4.79 Å². The van der Waals surface area contributed by atoms with Gasteiger partial charge in [0.2, 0.25) is 0 Å². The van der Waals surface area contributed by atoms with Crippen molar-refractivity contribution >= 4 is 22.8 Å². The van der Waals surface area contributed by atoms with Gasteiger partial charge in [-0.2, -0.15) is 0 Å². The molecule has 0 saturated heterocycles. The molecule has 2 nitrogen and oxygen atoms in total. The molecule has 2 rings (SSSR count). The molecule has 2 aromatic rings. The number of hydrogen-bond donors (Lipinski definition) is 0. The molecule has 0 fully saturated rings. The molecule has 86 valence electrons. The van der Waals surface area contributed by atoms with Gasteiger partial charge < -0.3 is 4.74 Å². The van der Waals surface area contributed by atoms with Gasteiger partial charge in [0.1, 0.15) is 5.75 Å². The van der Waals surface area contributed by atoms with Crippen LogP contribution in [0.4, 0.5) is 0 Å². The Morgan fingerprint density at radius 3 is 2.65 bits per heavy atom. The summed E-state index contributed by atoms with van der Waals surface area (Å²) < 4.78 is 5.17. The van der Waals surface area contributed by atoms with Crippen molar-refractivity contribution in [1.82, 2.24) is 0 Å². The Morgan fingerprint density at radius 1 is 1.24 bits per heavy atom. The van der Waals surface area contributed by atoms with Gasteiger partial charge in [-0.1, -0.05) is 37.8 Å². The van der Waals surface area contributed by atoms with Crippen LogP contribution in [0.1, 0.15) is 18.9 Å². The van der Waals surface area contributed by atoms with Crippen molar-refractivity contribution in [2.45, 2.75) is 13.3 Å². The first-order valence-corrected chi connectivity index (χ1v) is 5.60. The Balaban J connectivity index is 2.37. The van der Waals surface area contributed by atoms with Crippen molar-refractivity contribution in [3.8, 4) is 5.75 Å². The molecule has 2 heteroatoms. The van der Waals surface area contributed by atoms with E-state index < -0.39 is 0 Å². The lowest BCUT2D eigenvalue weighted by atomic mass is 10.1. The van der Waals surface area contributed by atoms with Gasteiger partial charge >= 0.3 is 5.97 Å². The van der Waals surface area contributed by atoms with Crippen LogP contribution in [0.2, 0.25) is 0 Å². The number of ether oxygens (including phenoxy) is 1. The lowest BCUT2D eigenvalue weighted by Gasteiger charge is -2.05. The van der Waals surface area contributed by atoms with Crippen LogP contribution in [0.15, 0.2) is 43.0 Å². The summed E-state index contributed by atoms with van der Waals surface area (Å²) in [4.78, 5) is 11.2. The summed E-state index contributed by atoms with van der Waals surface area (Å²) in [5, 5.41) is 2.16. The molecule has 0 bridgehead atoms. The molecule has 2 aromatic carbocycles. The van der Waals surface area contributed by atoms with E-state index >= 15 is 0 Å². The van der Waals surface area contributed by atoms with E-state index in [1.165, 1.54) is 0 Å². The number of hydrogen-bond acceptors (Lipinski definition) is 2. The fourth-order valence-electron chi connectivity index (χ4n) is 1.64. The van der Waals surface area contributed by atoms with Crippen molar-refractivity contribution in [1.29, 1.82) is 0 Å². The minimum absolute atomic E-state index is 0.216. The Kier molecular flexibility index (Phi) is 3.24. The second kappa shape index (κ2) is 4.83. The summed E-state index contributed by atoms with van der Waals surface area (Å²) in [5.41, 5.74) is 1.08. The molecule has 0 heterocycles. The average molecular weight is 226 g/mol. The van der Waals surface area contributed by atoms with Gasteiger partial charge in [-0.05, 0) is 34.5 Å². The Hall–Kier alpha value is -2.09. The Bertz CT molecular complexity index is 570. The highest BCUT2D eigenvalue weighted by molar-refractivity contribution is 5.86. The van der Waals surface area contributed by atoms with Crippen molar-refractivity contribution in [2.75, 3.05) is 0 Å². The molecule has 0 atom stereocenters. The summed E-state index contributed by atoms with van der Waals surface area (Å²) in [7, 11) is 0. The minimum atomic E-state index is -0.216. The van der Waals surface area contributed by atoms with Crippen LogP contribution in [-0.4, -0.2) is 5.97 Å². The van der Waals surface area contributed by atoms with Gasteiger partial charge in [0, 0.05) is 6.42 Å². The number of rotatable bonds is 3. The van der Waals surface area contributed by atoms with E-state index in [9.17, 15) is 4.79 Å². The number of carbonyl (C=O) groups is 1. The zero-order valence-electron chi connectivity index (χ0n) is 9.77. The fourth-order valence-corrected chi connectivity index (χ4v) is 1.64. The SMILES string of the molecule is C=Cc1ccc2cc(OC(=O)CC)ccc2c1. The maximum atomic E-state index is 11.2. The van der Waals surface area contributed by atoms with E-state index in [0.717, 1.165) is 16.3 Å². The summed E-state index contributed by atoms with van der Waals surface area (Å²) in [6.07, 6.45) is 2.19. The minimum Gasteiger partial charge on any atom is -0.427 e. The summed E-state index contributed by atoms with van der Waals surface area (Å²) >= 11 is 0. The Labute approximate surface area is 101 Å². The van der Waals surface area contributed by atoms with E-state index in [2.05, 4.69) is 6.58 Å². The van der Waals surface area contributed by atoms with Gasteiger partial charge in [-0.15, -0.1) is 0 Å². The average Bonchev–Trinajstić information content (AvgIpc) is 2.38. The highest BCUT2D eigenvalue weighted by atomic mass is 16.5. The largest absolute Gasteiger partial charge is 0.427 e. The van der Waals surface area contributed by atoms with Gasteiger partial charge in [0.05, 0.1) is 0 Å². The van der Waals surface area contributed by atoms with Crippen molar-refractivity contribution in [3.05, 3.63) is 48.5 Å². The molecule has 0 aliphatic heterocycles. The standard InChI is InChI=1S/C15H14O2/c1-3-11-5-6-13-10-14(17-15(16)4-2)8-7-12(13)9-11/h3,5-10H,1,4H2,2H3. The molecule has 0 unspecified atom stereocenters. The molecule has 0 amide bonds. The number of benzene rings is 2. The third kappa shape index (κ3) is 2.53. The van der Waals surface area contributed by atoms with Crippen LogP contribution in [0.3, 0.4) is 0 Å². The first-order chi connectivity index (χ1) is 8.22. The monoisotopic (exact) mass is 226 g/mol. The lowest BCUT2D eigenvalue weighted by Crippen LogP contribution is -2.05. The van der Waals surface area contributed by atoms with Gasteiger partial charge in [-0.25, -0.2) is 0 Å². The Morgan fingerprint density at radius 2 is 1.94 bits per heavy atom. The van der Waals surface area contributed by atoms with Crippen molar-refractivity contribution < 1.29 is 9.53 Å². The van der Waals surface area contributed by atoms with Gasteiger partial charge in [-0.3, -0.25) is 4.79 Å². The molecule has 0 aliphatic carbocycles. The maximum Gasteiger partial charge on any atom is 0.310 e. The molecule has 0 saturated carbocycles. The highest BCUT2D eigenvalue weighted by Crippen LogP contribution is 2.22. The quantitative estimate of drug-likeness (QED) is 0.587. The van der Waals surface area contributed by atoms with Crippen LogP contribution in [0, 0.1) is 0 Å². The van der Waals surface area contributed by atoms with Gasteiger partial charge in [0.25, 0.3) is 0 Å². The molecule has 0 spiro atoms. The second-order valence-corrected chi connectivity index (χ2v) is 3.80. The van der Waals surface area contributed by atoms with E-state index in [4.69, 9.17) is 4.74 Å². The number of esters is 1. The highest BCUT2D eigenvalue weighted by Gasteiger charge is 2.02. The first kappa shape index (κ1) is 11.4. The molecular weight excluding hydrogens is 212 g/mol. The first-order valence-electron chi connectivity index (χ1n) is 5.60. The number of fused-ring (bicyclic) bond motifs is 1. The van der Waals surface area contributed by atoms with E-state index in [0.29, 0.717) is 12.2 Å². The predicted octanol–water partition coefficient (Wildman–Crippen LogP) is 3.80. The van der Waals surface area contributed by atoms with E-state index in [-0.39, 0.29) is 5.97 Å². The third-order valence-corrected chi connectivity index (χ3v) is 2.59. The normalized spacial score (nSPS) is 10.2. The summed E-state index contributed by atoms with van der Waals surface area (Å²) in [6, 6.07) is 11.7. The molecule has 17 heavy (non-hydrogen) atoms. The second-order valence-electron chi connectivity index (χ2n) is 3.80. The molecule has 0 radical (unpaired) electrons.